The van der Waals surface area contributed by atoms with Crippen LogP contribution < -0.4 is 10.1 Å². The summed E-state index contributed by atoms with van der Waals surface area (Å²) in [5.74, 6) is -0.155. The van der Waals surface area contributed by atoms with Crippen molar-refractivity contribution in [2.24, 2.45) is 0 Å². The highest BCUT2D eigenvalue weighted by Gasteiger charge is 2.23. The molecule has 0 aliphatic heterocycles. The molecule has 0 radical (unpaired) electrons. The second kappa shape index (κ2) is 7.99. The molecule has 1 saturated carbocycles. The van der Waals surface area contributed by atoms with E-state index in [1.54, 1.807) is 6.92 Å². The third-order valence-corrected chi connectivity index (χ3v) is 3.93. The molecule has 0 spiro atoms. The van der Waals surface area contributed by atoms with Gasteiger partial charge in [-0.15, -0.1) is 0 Å². The Morgan fingerprint density at radius 1 is 1.17 bits per heavy atom. The Morgan fingerprint density at radius 2 is 1.78 bits per heavy atom. The second-order valence-corrected chi connectivity index (χ2v) is 6.23. The third-order valence-electron chi connectivity index (χ3n) is 3.93. The molecule has 1 N–H and O–H groups in total. The fourth-order valence-corrected chi connectivity index (χ4v) is 2.83. The minimum absolute atomic E-state index is 0.204. The number of hydrogen-bond acceptors (Lipinski definition) is 4. The van der Waals surface area contributed by atoms with Crippen LogP contribution in [0.15, 0.2) is 18.2 Å². The fourth-order valence-electron chi connectivity index (χ4n) is 2.83. The standard InChI is InChI=1S/C18H25NO4/c1-12-8-13(2)10-16(9-12)22-11-17(20)23-14(3)18(21)19-15-6-4-5-7-15/h8-10,14-15H,4-7,11H2,1-3H3,(H,19,21)/t14-/m0/s1. The first-order valence-electron chi connectivity index (χ1n) is 8.15. The van der Waals surface area contributed by atoms with E-state index in [4.69, 9.17) is 9.47 Å². The summed E-state index contributed by atoms with van der Waals surface area (Å²) in [6, 6.07) is 5.96. The van der Waals surface area contributed by atoms with E-state index in [0.29, 0.717) is 5.75 Å². The predicted molar refractivity (Wildman–Crippen MR) is 87.4 cm³/mol. The topological polar surface area (TPSA) is 64.6 Å². The molecule has 5 heteroatoms. The average molecular weight is 319 g/mol. The molecular weight excluding hydrogens is 294 g/mol. The van der Waals surface area contributed by atoms with Gasteiger partial charge in [-0.1, -0.05) is 18.9 Å². The average Bonchev–Trinajstić information content (AvgIpc) is 2.97. The number of aryl methyl sites for hydroxylation is 2. The van der Waals surface area contributed by atoms with Gasteiger partial charge in [0.1, 0.15) is 5.75 Å². The minimum atomic E-state index is -0.800. The van der Waals surface area contributed by atoms with Gasteiger partial charge in [-0.25, -0.2) is 4.79 Å². The van der Waals surface area contributed by atoms with E-state index in [0.717, 1.165) is 36.8 Å². The maximum absolute atomic E-state index is 12.0. The Labute approximate surface area is 137 Å². The first-order valence-corrected chi connectivity index (χ1v) is 8.15. The summed E-state index contributed by atoms with van der Waals surface area (Å²) in [6.07, 6.45) is 3.49. The van der Waals surface area contributed by atoms with Crippen LogP contribution >= 0.6 is 0 Å². The smallest absolute Gasteiger partial charge is 0.344 e. The molecule has 1 fully saturated rings. The third kappa shape index (κ3) is 5.58. The molecule has 23 heavy (non-hydrogen) atoms. The number of amides is 1. The summed E-state index contributed by atoms with van der Waals surface area (Å²) in [4.78, 5) is 23.8. The lowest BCUT2D eigenvalue weighted by Gasteiger charge is -2.17. The molecule has 0 bridgehead atoms. The quantitative estimate of drug-likeness (QED) is 0.819. The highest BCUT2D eigenvalue weighted by molar-refractivity contribution is 5.83. The van der Waals surface area contributed by atoms with Crippen molar-refractivity contribution in [2.45, 2.75) is 58.6 Å². The lowest BCUT2D eigenvalue weighted by atomic mass is 10.1. The Hall–Kier alpha value is -2.04. The first-order chi connectivity index (χ1) is 10.9. The summed E-state index contributed by atoms with van der Waals surface area (Å²) < 4.78 is 10.6. The SMILES string of the molecule is Cc1cc(C)cc(OCC(=O)O[C@@H](C)C(=O)NC2CCCC2)c1. The van der Waals surface area contributed by atoms with Gasteiger partial charge >= 0.3 is 5.97 Å². The van der Waals surface area contributed by atoms with Crippen LogP contribution in [0.2, 0.25) is 0 Å². The van der Waals surface area contributed by atoms with Gasteiger partial charge in [0, 0.05) is 6.04 Å². The van der Waals surface area contributed by atoms with Crippen molar-refractivity contribution in [1.82, 2.24) is 5.32 Å². The summed E-state index contributed by atoms with van der Waals surface area (Å²) in [5, 5.41) is 2.92. The van der Waals surface area contributed by atoms with E-state index in [9.17, 15) is 9.59 Å². The van der Waals surface area contributed by atoms with E-state index in [1.807, 2.05) is 32.0 Å². The number of carbonyl (C=O) groups excluding carboxylic acids is 2. The van der Waals surface area contributed by atoms with Gasteiger partial charge in [0.15, 0.2) is 12.7 Å². The van der Waals surface area contributed by atoms with Crippen molar-refractivity contribution in [3.63, 3.8) is 0 Å². The van der Waals surface area contributed by atoms with Crippen molar-refractivity contribution < 1.29 is 19.1 Å². The number of nitrogens with one attached hydrogen (secondary N) is 1. The molecule has 0 saturated heterocycles. The highest BCUT2D eigenvalue weighted by atomic mass is 16.6. The molecule has 1 amide bonds. The Kier molecular flexibility index (Phi) is 6.02. The lowest BCUT2D eigenvalue weighted by Crippen LogP contribution is -2.41. The molecule has 2 rings (SSSR count). The molecule has 0 heterocycles. The Balaban J connectivity index is 1.75. The van der Waals surface area contributed by atoms with Crippen LogP contribution in [0, 0.1) is 13.8 Å². The summed E-state index contributed by atoms with van der Waals surface area (Å²) in [6.45, 7) is 5.31. The van der Waals surface area contributed by atoms with Crippen molar-refractivity contribution in [2.75, 3.05) is 6.61 Å². The van der Waals surface area contributed by atoms with E-state index in [2.05, 4.69) is 5.32 Å². The summed E-state index contributed by atoms with van der Waals surface area (Å²) in [5.41, 5.74) is 2.13. The maximum Gasteiger partial charge on any atom is 0.344 e. The van der Waals surface area contributed by atoms with Crippen LogP contribution in [0.3, 0.4) is 0 Å². The normalized spacial score (nSPS) is 16.0. The lowest BCUT2D eigenvalue weighted by molar-refractivity contribution is -0.156. The Bertz CT molecular complexity index is 544. The monoisotopic (exact) mass is 319 g/mol. The van der Waals surface area contributed by atoms with Gasteiger partial charge in [0.2, 0.25) is 0 Å². The van der Waals surface area contributed by atoms with Gasteiger partial charge in [-0.2, -0.15) is 0 Å². The van der Waals surface area contributed by atoms with Crippen molar-refractivity contribution >= 4 is 11.9 Å². The van der Waals surface area contributed by atoms with Gasteiger partial charge in [-0.3, -0.25) is 4.79 Å². The zero-order chi connectivity index (χ0) is 16.8. The molecule has 1 atom stereocenters. The molecule has 1 aromatic carbocycles. The molecule has 1 aliphatic rings. The largest absolute Gasteiger partial charge is 0.482 e. The number of benzene rings is 1. The van der Waals surface area contributed by atoms with E-state index in [-0.39, 0.29) is 18.6 Å². The summed E-state index contributed by atoms with van der Waals surface area (Å²) in [7, 11) is 0. The predicted octanol–water partition coefficient (Wildman–Crippen LogP) is 2.67. The minimum Gasteiger partial charge on any atom is -0.482 e. The zero-order valence-electron chi connectivity index (χ0n) is 14.1. The molecular formula is C18H25NO4. The highest BCUT2D eigenvalue weighted by Crippen LogP contribution is 2.18. The number of esters is 1. The van der Waals surface area contributed by atoms with Crippen LogP contribution in [-0.2, 0) is 14.3 Å². The van der Waals surface area contributed by atoms with E-state index >= 15 is 0 Å². The molecule has 1 aliphatic carbocycles. The number of ether oxygens (including phenoxy) is 2. The number of rotatable bonds is 6. The van der Waals surface area contributed by atoms with Gasteiger partial charge in [0.25, 0.3) is 5.91 Å². The molecule has 0 unspecified atom stereocenters. The molecule has 0 aromatic heterocycles. The van der Waals surface area contributed by atoms with Gasteiger partial charge in [0.05, 0.1) is 0 Å². The zero-order valence-corrected chi connectivity index (χ0v) is 14.1. The second-order valence-electron chi connectivity index (χ2n) is 6.23. The van der Waals surface area contributed by atoms with Crippen molar-refractivity contribution in [1.29, 1.82) is 0 Å². The molecule has 126 valence electrons. The maximum atomic E-state index is 12.0. The number of carbonyl (C=O) groups is 2. The van der Waals surface area contributed by atoms with Crippen LogP contribution in [0.4, 0.5) is 0 Å². The van der Waals surface area contributed by atoms with E-state index in [1.165, 1.54) is 0 Å². The molecule has 1 aromatic rings. The van der Waals surface area contributed by atoms with Crippen LogP contribution in [-0.4, -0.2) is 30.6 Å². The van der Waals surface area contributed by atoms with E-state index < -0.39 is 12.1 Å². The van der Waals surface area contributed by atoms with Crippen LogP contribution in [0.1, 0.15) is 43.7 Å². The summed E-state index contributed by atoms with van der Waals surface area (Å²) >= 11 is 0. The van der Waals surface area contributed by atoms with Crippen molar-refractivity contribution in [3.8, 4) is 5.75 Å². The van der Waals surface area contributed by atoms with Crippen molar-refractivity contribution in [3.05, 3.63) is 29.3 Å². The van der Waals surface area contributed by atoms with Crippen LogP contribution in [0.25, 0.3) is 0 Å². The van der Waals surface area contributed by atoms with Gasteiger partial charge in [-0.05, 0) is 56.9 Å². The van der Waals surface area contributed by atoms with Crippen LogP contribution in [0.5, 0.6) is 5.75 Å². The van der Waals surface area contributed by atoms with Gasteiger partial charge < -0.3 is 14.8 Å². The Morgan fingerprint density at radius 3 is 2.39 bits per heavy atom. The molecule has 5 nitrogen and oxygen atoms in total. The fraction of sp³-hybridized carbons (Fsp3) is 0.556. The number of hydrogen-bond donors (Lipinski definition) is 1. The first kappa shape index (κ1) is 17.3.